The number of allylic oxidation sites excluding steroid dienone is 3. The van der Waals surface area contributed by atoms with E-state index in [1.165, 1.54) is 12.1 Å². The van der Waals surface area contributed by atoms with Crippen molar-refractivity contribution in [3.05, 3.63) is 127 Å². The number of hydrogen-bond acceptors (Lipinski definition) is 6. The van der Waals surface area contributed by atoms with Crippen LogP contribution in [-0.2, 0) is 4.79 Å². The number of non-ortho nitro benzene ring substituents is 1. The number of rotatable bonds is 4. The lowest BCUT2D eigenvalue weighted by Crippen LogP contribution is -2.40. The van der Waals surface area contributed by atoms with Crippen LogP contribution in [0.1, 0.15) is 41.4 Å². The van der Waals surface area contributed by atoms with Gasteiger partial charge >= 0.3 is 0 Å². The number of hydrogen-bond donors (Lipinski definition) is 1. The molecule has 5 rings (SSSR count). The van der Waals surface area contributed by atoms with Crippen LogP contribution in [0.3, 0.4) is 0 Å². The van der Waals surface area contributed by atoms with E-state index in [-0.39, 0.29) is 35.2 Å². The summed E-state index contributed by atoms with van der Waals surface area (Å²) >= 11 is 6.29. The van der Waals surface area contributed by atoms with E-state index in [4.69, 9.17) is 17.3 Å². The van der Waals surface area contributed by atoms with Gasteiger partial charge in [-0.2, -0.15) is 5.26 Å². The minimum Gasteiger partial charge on any atom is -0.384 e. The van der Waals surface area contributed by atoms with Gasteiger partial charge in [0.2, 0.25) is 0 Å². The summed E-state index contributed by atoms with van der Waals surface area (Å²) in [6.07, 6.45) is 0.754. The van der Waals surface area contributed by atoms with E-state index in [2.05, 4.69) is 6.07 Å². The number of aryl methyl sites for hydroxylation is 1. The molecule has 0 bridgehead atoms. The number of nitro groups is 1. The Kier molecular flexibility index (Phi) is 6.28. The van der Waals surface area contributed by atoms with Crippen LogP contribution < -0.4 is 10.6 Å². The first kappa shape index (κ1) is 24.3. The van der Waals surface area contributed by atoms with Gasteiger partial charge in [-0.15, -0.1) is 0 Å². The van der Waals surface area contributed by atoms with Gasteiger partial charge in [0, 0.05) is 34.8 Å². The van der Waals surface area contributed by atoms with E-state index in [1.54, 1.807) is 29.2 Å². The molecule has 3 aromatic rings. The van der Waals surface area contributed by atoms with Crippen LogP contribution in [0.4, 0.5) is 11.4 Å². The van der Waals surface area contributed by atoms with Crippen molar-refractivity contribution in [2.24, 2.45) is 5.73 Å². The highest BCUT2D eigenvalue weighted by Gasteiger charge is 2.43. The molecular formula is C29H23ClN4O3. The van der Waals surface area contributed by atoms with Gasteiger partial charge in [0.25, 0.3) is 5.69 Å². The fraction of sp³-hybridized carbons (Fsp3) is 0.172. The third-order valence-corrected chi connectivity index (χ3v) is 7.30. The van der Waals surface area contributed by atoms with Crippen LogP contribution in [-0.4, -0.2) is 10.7 Å². The molecule has 0 radical (unpaired) electrons. The Morgan fingerprint density at radius 2 is 1.78 bits per heavy atom. The monoisotopic (exact) mass is 510 g/mol. The zero-order valence-electron chi connectivity index (χ0n) is 20.0. The second-order valence-corrected chi connectivity index (χ2v) is 9.70. The van der Waals surface area contributed by atoms with E-state index in [0.29, 0.717) is 34.0 Å². The Balaban J connectivity index is 1.77. The third kappa shape index (κ3) is 4.26. The Hall–Kier alpha value is -4.41. The quantitative estimate of drug-likeness (QED) is 0.327. The fourth-order valence-corrected chi connectivity index (χ4v) is 5.54. The molecule has 7 nitrogen and oxygen atoms in total. The van der Waals surface area contributed by atoms with Gasteiger partial charge in [-0.1, -0.05) is 60.1 Å². The number of nitriles is 1. The van der Waals surface area contributed by atoms with Crippen LogP contribution in [0, 0.1) is 28.4 Å². The molecule has 184 valence electrons. The lowest BCUT2D eigenvalue weighted by atomic mass is 9.71. The summed E-state index contributed by atoms with van der Waals surface area (Å²) in [4.78, 5) is 26.7. The molecule has 2 N–H and O–H groups in total. The molecule has 2 atom stereocenters. The highest BCUT2D eigenvalue weighted by molar-refractivity contribution is 6.30. The minimum absolute atomic E-state index is 0.0894. The molecule has 0 saturated heterocycles. The van der Waals surface area contributed by atoms with Crippen LogP contribution in [0.5, 0.6) is 0 Å². The van der Waals surface area contributed by atoms with E-state index in [9.17, 15) is 20.2 Å². The number of nitro benzene ring substituents is 1. The van der Waals surface area contributed by atoms with Crippen LogP contribution >= 0.6 is 11.6 Å². The molecule has 1 heterocycles. The van der Waals surface area contributed by atoms with Gasteiger partial charge in [0.05, 0.1) is 28.2 Å². The van der Waals surface area contributed by atoms with Crippen LogP contribution in [0.2, 0.25) is 5.02 Å². The first-order chi connectivity index (χ1) is 17.8. The summed E-state index contributed by atoms with van der Waals surface area (Å²) in [5.74, 6) is -0.728. The fourth-order valence-electron chi connectivity index (χ4n) is 5.34. The second kappa shape index (κ2) is 9.57. The van der Waals surface area contributed by atoms with E-state index < -0.39 is 10.8 Å². The van der Waals surface area contributed by atoms with Gasteiger partial charge in [0.1, 0.15) is 5.82 Å². The maximum Gasteiger partial charge on any atom is 0.271 e. The molecule has 2 aliphatic rings. The Morgan fingerprint density at radius 3 is 2.46 bits per heavy atom. The topological polar surface area (TPSA) is 113 Å². The highest BCUT2D eigenvalue weighted by atomic mass is 35.5. The molecule has 0 spiro atoms. The highest BCUT2D eigenvalue weighted by Crippen LogP contribution is 2.50. The van der Waals surface area contributed by atoms with Crippen molar-refractivity contribution in [2.75, 3.05) is 4.90 Å². The molecule has 1 aliphatic carbocycles. The predicted octanol–water partition coefficient (Wildman–Crippen LogP) is 6.26. The number of carbonyl (C=O) groups is 1. The van der Waals surface area contributed by atoms with Crippen molar-refractivity contribution in [2.45, 2.75) is 31.6 Å². The van der Waals surface area contributed by atoms with Crippen molar-refractivity contribution in [3.63, 3.8) is 0 Å². The van der Waals surface area contributed by atoms with Gasteiger partial charge in [-0.25, -0.2) is 0 Å². The summed E-state index contributed by atoms with van der Waals surface area (Å²) in [6, 6.07) is 23.6. The number of halogens is 1. The molecule has 37 heavy (non-hydrogen) atoms. The lowest BCUT2D eigenvalue weighted by Gasteiger charge is -2.42. The summed E-state index contributed by atoms with van der Waals surface area (Å²) < 4.78 is 0. The number of ketones is 1. The van der Waals surface area contributed by atoms with E-state index >= 15 is 0 Å². The van der Waals surface area contributed by atoms with Crippen molar-refractivity contribution in [1.82, 2.24) is 0 Å². The van der Waals surface area contributed by atoms with E-state index in [1.807, 2.05) is 43.3 Å². The molecular weight excluding hydrogens is 488 g/mol. The summed E-state index contributed by atoms with van der Waals surface area (Å²) in [7, 11) is 0. The summed E-state index contributed by atoms with van der Waals surface area (Å²) in [6.45, 7) is 1.82. The van der Waals surface area contributed by atoms with Crippen molar-refractivity contribution in [3.8, 4) is 6.07 Å². The first-order valence-corrected chi connectivity index (χ1v) is 12.2. The Labute approximate surface area is 219 Å². The van der Waals surface area contributed by atoms with Crippen molar-refractivity contribution < 1.29 is 9.72 Å². The zero-order chi connectivity index (χ0) is 26.3. The largest absolute Gasteiger partial charge is 0.384 e. The van der Waals surface area contributed by atoms with Crippen molar-refractivity contribution >= 4 is 28.8 Å². The van der Waals surface area contributed by atoms with Gasteiger partial charge in [0.15, 0.2) is 5.78 Å². The third-order valence-electron chi connectivity index (χ3n) is 7.06. The average molecular weight is 511 g/mol. The number of nitrogens with zero attached hydrogens (tertiary/aromatic N) is 3. The smallest absolute Gasteiger partial charge is 0.271 e. The normalized spacial score (nSPS) is 19.5. The van der Waals surface area contributed by atoms with Gasteiger partial charge in [-0.05, 0) is 48.1 Å². The van der Waals surface area contributed by atoms with E-state index in [0.717, 1.165) is 11.1 Å². The predicted molar refractivity (Wildman–Crippen MR) is 142 cm³/mol. The zero-order valence-corrected chi connectivity index (χ0v) is 20.8. The Morgan fingerprint density at radius 1 is 1.05 bits per heavy atom. The minimum atomic E-state index is -0.682. The molecule has 8 heteroatoms. The van der Waals surface area contributed by atoms with Crippen LogP contribution in [0.15, 0.2) is 95.5 Å². The average Bonchev–Trinajstić information content (AvgIpc) is 2.89. The molecule has 0 unspecified atom stereocenters. The van der Waals surface area contributed by atoms with Crippen LogP contribution in [0.25, 0.3) is 0 Å². The number of Topliss-reactive ketones (excluding diaryl/α,β-unsaturated/α-hetero) is 1. The van der Waals surface area contributed by atoms with Gasteiger partial charge in [-0.3, -0.25) is 19.8 Å². The molecule has 0 fully saturated rings. The molecule has 0 aromatic heterocycles. The Bertz CT molecular complexity index is 1540. The summed E-state index contributed by atoms with van der Waals surface area (Å²) in [5.41, 5.74) is 10.8. The first-order valence-electron chi connectivity index (χ1n) is 11.8. The molecule has 0 saturated carbocycles. The molecule has 3 aromatic carbocycles. The summed E-state index contributed by atoms with van der Waals surface area (Å²) in [5, 5.41) is 22.3. The molecule has 1 aliphatic heterocycles. The second-order valence-electron chi connectivity index (χ2n) is 9.26. The molecule has 0 amide bonds. The maximum atomic E-state index is 13.9. The maximum absolute atomic E-state index is 13.9. The number of benzene rings is 3. The van der Waals surface area contributed by atoms with Gasteiger partial charge < -0.3 is 5.73 Å². The number of carbonyl (C=O) groups excluding carboxylic acids is 1. The SMILES string of the molecule is Cc1ccc([N+](=O)[O-])cc1N1C(N)=C(C#N)[C@@H](c2cccc(Cl)c2)C2=C1C[C@@H](c1ccccc1)CC2=O. The number of anilines is 1. The lowest BCUT2D eigenvalue weighted by molar-refractivity contribution is -0.384. The van der Waals surface area contributed by atoms with Crippen molar-refractivity contribution in [1.29, 1.82) is 5.26 Å². The standard InChI is InChI=1S/C29H23ClN4O3/c1-17-10-11-22(34(36)37)15-24(17)33-25-13-20(18-6-3-2-4-7-18)14-26(35)28(25)27(23(16-31)29(33)32)19-8-5-9-21(30)12-19/h2-12,15,20,27H,13-14,32H2,1H3/t20-,27-/m1/s1. The number of nitrogens with two attached hydrogens (primary N) is 1.